The van der Waals surface area contributed by atoms with E-state index >= 15 is 0 Å². The maximum absolute atomic E-state index is 7.58. The zero-order chi connectivity index (χ0) is 17.1. The fraction of sp³-hybridized carbons (Fsp3) is 0. The molecule has 6 N–H and O–H groups in total. The fourth-order valence-electron chi connectivity index (χ4n) is 2.61. The van der Waals surface area contributed by atoms with Crippen molar-refractivity contribution in [3.63, 3.8) is 0 Å². The van der Waals surface area contributed by atoms with Crippen molar-refractivity contribution in [1.29, 1.82) is 10.8 Å². The normalized spacial score (nSPS) is 9.54. The molecule has 0 aliphatic carbocycles. The molecule has 0 aliphatic heterocycles. The van der Waals surface area contributed by atoms with Gasteiger partial charge in [0.25, 0.3) is 0 Å². The highest BCUT2D eigenvalue weighted by atomic mass is 35.5. The lowest BCUT2D eigenvalue weighted by Crippen LogP contribution is -2.10. The Labute approximate surface area is 165 Å². The second kappa shape index (κ2) is 9.04. The summed E-state index contributed by atoms with van der Waals surface area (Å²) in [7, 11) is 0. The molecule has 3 aromatic carbocycles. The number of hydrogen-bond acceptors (Lipinski definition) is 2. The Morgan fingerprint density at radius 3 is 1.19 bits per heavy atom. The van der Waals surface area contributed by atoms with Gasteiger partial charge in [-0.3, -0.25) is 10.8 Å². The van der Waals surface area contributed by atoms with Gasteiger partial charge in [0, 0.05) is 11.1 Å². The number of hydrogen-bond donors (Lipinski definition) is 4. The van der Waals surface area contributed by atoms with Crippen molar-refractivity contribution < 1.29 is 0 Å². The number of amidine groups is 2. The topological polar surface area (TPSA) is 99.7 Å². The minimum Gasteiger partial charge on any atom is -0.384 e. The molecule has 0 atom stereocenters. The predicted molar refractivity (Wildman–Crippen MR) is 114 cm³/mol. The van der Waals surface area contributed by atoms with Crippen molar-refractivity contribution in [3.05, 3.63) is 83.9 Å². The summed E-state index contributed by atoms with van der Waals surface area (Å²) in [6.07, 6.45) is 0. The van der Waals surface area contributed by atoms with E-state index in [9.17, 15) is 0 Å². The second-order valence-electron chi connectivity index (χ2n) is 5.57. The molecule has 0 heterocycles. The molecule has 0 spiro atoms. The Morgan fingerprint density at radius 1 is 0.538 bits per heavy atom. The minimum atomic E-state index is 0. The molecule has 4 nitrogen and oxygen atoms in total. The largest absolute Gasteiger partial charge is 0.384 e. The van der Waals surface area contributed by atoms with Crippen LogP contribution in [-0.4, -0.2) is 11.7 Å². The molecule has 26 heavy (non-hydrogen) atoms. The van der Waals surface area contributed by atoms with E-state index < -0.39 is 0 Å². The third kappa shape index (κ3) is 4.63. The summed E-state index contributed by atoms with van der Waals surface area (Å²) in [5.74, 6) is 0.115. The van der Waals surface area contributed by atoms with Crippen molar-refractivity contribution >= 4 is 36.5 Å². The van der Waals surface area contributed by atoms with Crippen LogP contribution in [0.5, 0.6) is 0 Å². The van der Waals surface area contributed by atoms with Crippen molar-refractivity contribution in [1.82, 2.24) is 0 Å². The molecule has 0 bridgehead atoms. The molecule has 0 unspecified atom stereocenters. The molecule has 0 saturated heterocycles. The number of nitrogens with one attached hydrogen (secondary N) is 2. The van der Waals surface area contributed by atoms with Crippen LogP contribution < -0.4 is 11.5 Å². The highest BCUT2D eigenvalue weighted by Crippen LogP contribution is 2.27. The lowest BCUT2D eigenvalue weighted by Gasteiger charge is -2.09. The monoisotopic (exact) mass is 386 g/mol. The summed E-state index contributed by atoms with van der Waals surface area (Å²) in [5.41, 5.74) is 16.7. The van der Waals surface area contributed by atoms with Gasteiger partial charge in [-0.15, -0.1) is 24.8 Å². The van der Waals surface area contributed by atoms with E-state index in [4.69, 9.17) is 22.3 Å². The van der Waals surface area contributed by atoms with Crippen molar-refractivity contribution in [3.8, 4) is 22.3 Å². The van der Waals surface area contributed by atoms with Crippen LogP contribution in [0.4, 0.5) is 0 Å². The fourth-order valence-corrected chi connectivity index (χ4v) is 2.61. The summed E-state index contributed by atoms with van der Waals surface area (Å²) in [4.78, 5) is 0. The first kappa shape index (κ1) is 21.2. The van der Waals surface area contributed by atoms with E-state index in [1.165, 1.54) is 0 Å². The average molecular weight is 387 g/mol. The number of halogens is 2. The molecule has 134 valence electrons. The SMILES string of the molecule is Cl.Cl.N=C(N)c1cccc(-c2cccc(-c3cccc(C(=N)N)c3)c2)c1. The predicted octanol–water partition coefficient (Wildman–Crippen LogP) is 4.43. The third-order valence-corrected chi connectivity index (χ3v) is 3.88. The zero-order valence-electron chi connectivity index (χ0n) is 13.9. The van der Waals surface area contributed by atoms with Crippen molar-refractivity contribution in [2.45, 2.75) is 0 Å². The van der Waals surface area contributed by atoms with Gasteiger partial charge in [-0.05, 0) is 40.5 Å². The highest BCUT2D eigenvalue weighted by Gasteiger charge is 2.05. The van der Waals surface area contributed by atoms with Crippen molar-refractivity contribution in [2.24, 2.45) is 11.5 Å². The molecular weight excluding hydrogens is 367 g/mol. The molecule has 0 amide bonds. The molecule has 0 aliphatic rings. The van der Waals surface area contributed by atoms with E-state index in [2.05, 4.69) is 6.07 Å². The first-order chi connectivity index (χ1) is 11.5. The zero-order valence-corrected chi connectivity index (χ0v) is 15.5. The maximum Gasteiger partial charge on any atom is 0.122 e. The lowest BCUT2D eigenvalue weighted by molar-refractivity contribution is 1.42. The van der Waals surface area contributed by atoms with E-state index in [-0.39, 0.29) is 36.5 Å². The standard InChI is InChI=1S/C20H18N4.2ClH/c21-19(22)17-8-2-6-15(11-17)13-4-1-5-14(10-13)16-7-3-9-18(12-16)20(23)24;;/h1-12H,(H3,21,22)(H3,23,24);2*1H. The van der Waals surface area contributed by atoms with Gasteiger partial charge in [0.15, 0.2) is 0 Å². The maximum atomic E-state index is 7.58. The van der Waals surface area contributed by atoms with Crippen molar-refractivity contribution in [2.75, 3.05) is 0 Å². The number of nitrogen functional groups attached to an aromatic ring is 2. The van der Waals surface area contributed by atoms with E-state index in [0.29, 0.717) is 11.1 Å². The van der Waals surface area contributed by atoms with E-state index in [1.807, 2.05) is 66.7 Å². The van der Waals surface area contributed by atoms with Crippen LogP contribution in [0.2, 0.25) is 0 Å². The summed E-state index contributed by atoms with van der Waals surface area (Å²) in [6.45, 7) is 0. The van der Waals surface area contributed by atoms with Gasteiger partial charge >= 0.3 is 0 Å². The van der Waals surface area contributed by atoms with E-state index in [0.717, 1.165) is 22.3 Å². The van der Waals surface area contributed by atoms with Crippen LogP contribution in [0.1, 0.15) is 11.1 Å². The first-order valence-electron chi connectivity index (χ1n) is 7.54. The Bertz CT molecular complexity index is 866. The minimum absolute atomic E-state index is 0. The second-order valence-corrected chi connectivity index (χ2v) is 5.57. The molecule has 0 saturated carbocycles. The quantitative estimate of drug-likeness (QED) is 0.393. The van der Waals surface area contributed by atoms with Gasteiger partial charge in [0.2, 0.25) is 0 Å². The van der Waals surface area contributed by atoms with Crippen LogP contribution >= 0.6 is 24.8 Å². The van der Waals surface area contributed by atoms with Gasteiger partial charge in [-0.1, -0.05) is 54.6 Å². The number of rotatable bonds is 4. The van der Waals surface area contributed by atoms with Crippen LogP contribution in [0.3, 0.4) is 0 Å². The van der Waals surface area contributed by atoms with Crippen LogP contribution in [0.15, 0.2) is 72.8 Å². The molecule has 0 fully saturated rings. The summed E-state index contributed by atoms with van der Waals surface area (Å²) < 4.78 is 0. The van der Waals surface area contributed by atoms with Gasteiger partial charge in [0.05, 0.1) is 0 Å². The van der Waals surface area contributed by atoms with E-state index in [1.54, 1.807) is 0 Å². The Kier molecular flexibility index (Phi) is 7.38. The van der Waals surface area contributed by atoms with Gasteiger partial charge in [-0.25, -0.2) is 0 Å². The smallest absolute Gasteiger partial charge is 0.122 e. The molecule has 3 rings (SSSR count). The Morgan fingerprint density at radius 2 is 0.846 bits per heavy atom. The van der Waals surface area contributed by atoms with Crippen LogP contribution in [0.25, 0.3) is 22.3 Å². The molecule has 6 heteroatoms. The van der Waals surface area contributed by atoms with Crippen LogP contribution in [-0.2, 0) is 0 Å². The van der Waals surface area contributed by atoms with Gasteiger partial charge in [0.1, 0.15) is 11.7 Å². The average Bonchev–Trinajstić information content (AvgIpc) is 2.62. The van der Waals surface area contributed by atoms with Gasteiger partial charge in [-0.2, -0.15) is 0 Å². The third-order valence-electron chi connectivity index (χ3n) is 3.88. The summed E-state index contributed by atoms with van der Waals surface area (Å²) >= 11 is 0. The molecule has 0 aromatic heterocycles. The van der Waals surface area contributed by atoms with Crippen LogP contribution in [0, 0.1) is 10.8 Å². The number of benzene rings is 3. The Hall–Kier alpha value is -2.82. The lowest BCUT2D eigenvalue weighted by atomic mass is 9.97. The molecular formula is C20H20Cl2N4. The molecule has 3 aromatic rings. The first-order valence-corrected chi connectivity index (χ1v) is 7.54. The summed E-state index contributed by atoms with van der Waals surface area (Å²) in [6, 6.07) is 23.4. The van der Waals surface area contributed by atoms with Gasteiger partial charge < -0.3 is 11.5 Å². The summed E-state index contributed by atoms with van der Waals surface area (Å²) in [5, 5.41) is 15.2. The Balaban J connectivity index is 0.00000169. The highest BCUT2D eigenvalue weighted by molar-refractivity contribution is 5.97. The molecule has 0 radical (unpaired) electrons. The number of nitrogens with two attached hydrogens (primary N) is 2.